The largest absolute Gasteiger partial charge is 0.292 e. The van der Waals surface area contributed by atoms with Crippen LogP contribution in [0.1, 0.15) is 27.6 Å². The SMILES string of the molecule is Cc1cc(CC(=O)c2cc(C)nn2C)n(C)n1. The maximum absolute atomic E-state index is 12.1. The molecule has 0 fully saturated rings. The van der Waals surface area contributed by atoms with Crippen molar-refractivity contribution >= 4 is 5.78 Å². The molecule has 2 rings (SSSR count). The summed E-state index contributed by atoms with van der Waals surface area (Å²) in [4.78, 5) is 12.1. The molecule has 2 aromatic rings. The molecule has 0 unspecified atom stereocenters. The molecular weight excluding hydrogens is 216 g/mol. The summed E-state index contributed by atoms with van der Waals surface area (Å²) >= 11 is 0. The number of hydrogen-bond acceptors (Lipinski definition) is 3. The van der Waals surface area contributed by atoms with Crippen molar-refractivity contribution in [3.63, 3.8) is 0 Å². The Kier molecular flexibility index (Phi) is 2.83. The average molecular weight is 232 g/mol. The van der Waals surface area contributed by atoms with E-state index in [1.54, 1.807) is 16.4 Å². The van der Waals surface area contributed by atoms with E-state index >= 15 is 0 Å². The van der Waals surface area contributed by atoms with Crippen molar-refractivity contribution in [1.29, 1.82) is 0 Å². The summed E-state index contributed by atoms with van der Waals surface area (Å²) in [5.41, 5.74) is 3.35. The molecule has 2 aromatic heterocycles. The summed E-state index contributed by atoms with van der Waals surface area (Å²) in [6, 6.07) is 3.74. The Hall–Kier alpha value is -1.91. The topological polar surface area (TPSA) is 52.7 Å². The van der Waals surface area contributed by atoms with Crippen molar-refractivity contribution < 1.29 is 4.79 Å². The lowest BCUT2D eigenvalue weighted by atomic mass is 10.1. The molecule has 0 aromatic carbocycles. The van der Waals surface area contributed by atoms with Crippen LogP contribution in [0.25, 0.3) is 0 Å². The number of Topliss-reactive ketones (excluding diaryl/α,β-unsaturated/α-hetero) is 1. The first-order chi connectivity index (χ1) is 7.97. The molecule has 5 nitrogen and oxygen atoms in total. The lowest BCUT2D eigenvalue weighted by molar-refractivity contribution is 0.0981. The van der Waals surface area contributed by atoms with Crippen LogP contribution in [0.2, 0.25) is 0 Å². The van der Waals surface area contributed by atoms with Crippen LogP contribution in [-0.2, 0) is 20.5 Å². The molecule has 2 heterocycles. The second kappa shape index (κ2) is 4.16. The van der Waals surface area contributed by atoms with Gasteiger partial charge in [0.15, 0.2) is 5.78 Å². The normalized spacial score (nSPS) is 10.8. The molecule has 0 bridgehead atoms. The van der Waals surface area contributed by atoms with Gasteiger partial charge in [-0.05, 0) is 26.0 Å². The van der Waals surface area contributed by atoms with Crippen LogP contribution in [0.15, 0.2) is 12.1 Å². The van der Waals surface area contributed by atoms with E-state index in [9.17, 15) is 4.79 Å². The van der Waals surface area contributed by atoms with Gasteiger partial charge in [0.2, 0.25) is 0 Å². The Morgan fingerprint density at radius 2 is 1.71 bits per heavy atom. The number of carbonyl (C=O) groups is 1. The minimum Gasteiger partial charge on any atom is -0.292 e. The Morgan fingerprint density at radius 1 is 1.12 bits per heavy atom. The van der Waals surface area contributed by atoms with E-state index in [0.717, 1.165) is 17.1 Å². The lowest BCUT2D eigenvalue weighted by Gasteiger charge is -2.01. The number of ketones is 1. The number of hydrogen-bond donors (Lipinski definition) is 0. The highest BCUT2D eigenvalue weighted by Gasteiger charge is 2.14. The number of aromatic nitrogens is 4. The fourth-order valence-corrected chi connectivity index (χ4v) is 1.96. The molecule has 17 heavy (non-hydrogen) atoms. The fourth-order valence-electron chi connectivity index (χ4n) is 1.96. The van der Waals surface area contributed by atoms with Gasteiger partial charge in [-0.3, -0.25) is 14.2 Å². The molecule has 0 N–H and O–H groups in total. The van der Waals surface area contributed by atoms with Crippen molar-refractivity contribution in [2.45, 2.75) is 20.3 Å². The molecule has 0 saturated heterocycles. The van der Waals surface area contributed by atoms with Crippen LogP contribution in [-0.4, -0.2) is 25.3 Å². The van der Waals surface area contributed by atoms with E-state index < -0.39 is 0 Å². The second-order valence-electron chi connectivity index (χ2n) is 4.30. The molecule has 0 aliphatic carbocycles. The van der Waals surface area contributed by atoms with E-state index in [4.69, 9.17) is 0 Å². The molecular formula is C12H16N4O. The third-order valence-corrected chi connectivity index (χ3v) is 2.73. The number of carbonyl (C=O) groups excluding carboxylic acids is 1. The third-order valence-electron chi connectivity index (χ3n) is 2.73. The molecule has 5 heteroatoms. The zero-order valence-electron chi connectivity index (χ0n) is 10.6. The van der Waals surface area contributed by atoms with Gasteiger partial charge in [0.25, 0.3) is 0 Å². The molecule has 90 valence electrons. The van der Waals surface area contributed by atoms with E-state index in [2.05, 4.69) is 10.2 Å². The van der Waals surface area contributed by atoms with Crippen LogP contribution in [0.4, 0.5) is 0 Å². The zero-order valence-corrected chi connectivity index (χ0v) is 10.6. The summed E-state index contributed by atoms with van der Waals surface area (Å²) < 4.78 is 3.37. The zero-order chi connectivity index (χ0) is 12.6. The first-order valence-electron chi connectivity index (χ1n) is 5.50. The predicted molar refractivity (Wildman–Crippen MR) is 63.9 cm³/mol. The second-order valence-corrected chi connectivity index (χ2v) is 4.30. The van der Waals surface area contributed by atoms with Crippen molar-refractivity contribution in [2.75, 3.05) is 0 Å². The van der Waals surface area contributed by atoms with Gasteiger partial charge in [0, 0.05) is 19.8 Å². The van der Waals surface area contributed by atoms with Gasteiger partial charge in [-0.2, -0.15) is 10.2 Å². The van der Waals surface area contributed by atoms with Crippen LogP contribution in [0, 0.1) is 13.8 Å². The van der Waals surface area contributed by atoms with Gasteiger partial charge in [-0.15, -0.1) is 0 Å². The summed E-state index contributed by atoms with van der Waals surface area (Å²) in [5, 5.41) is 8.40. The van der Waals surface area contributed by atoms with Gasteiger partial charge in [0.05, 0.1) is 17.8 Å². The fraction of sp³-hybridized carbons (Fsp3) is 0.417. The molecule has 0 aliphatic rings. The minimum absolute atomic E-state index is 0.0658. The smallest absolute Gasteiger partial charge is 0.186 e. The van der Waals surface area contributed by atoms with E-state index in [0.29, 0.717) is 12.1 Å². The highest BCUT2D eigenvalue weighted by molar-refractivity contribution is 5.95. The number of aryl methyl sites for hydroxylation is 4. The first-order valence-corrected chi connectivity index (χ1v) is 5.50. The Labute approximate surface area is 100 Å². The number of rotatable bonds is 3. The van der Waals surface area contributed by atoms with Crippen molar-refractivity contribution in [2.24, 2.45) is 14.1 Å². The van der Waals surface area contributed by atoms with E-state index in [1.165, 1.54) is 0 Å². The predicted octanol–water partition coefficient (Wildman–Crippen LogP) is 1.20. The van der Waals surface area contributed by atoms with E-state index in [1.807, 2.05) is 33.0 Å². The molecule has 0 aliphatic heterocycles. The molecule has 0 spiro atoms. The Balaban J connectivity index is 2.22. The van der Waals surface area contributed by atoms with Crippen LogP contribution in [0.3, 0.4) is 0 Å². The van der Waals surface area contributed by atoms with Crippen molar-refractivity contribution in [1.82, 2.24) is 19.6 Å². The van der Waals surface area contributed by atoms with Crippen molar-refractivity contribution in [3.05, 3.63) is 34.9 Å². The van der Waals surface area contributed by atoms with Crippen molar-refractivity contribution in [3.8, 4) is 0 Å². The highest BCUT2D eigenvalue weighted by Crippen LogP contribution is 2.09. The van der Waals surface area contributed by atoms with Gasteiger partial charge >= 0.3 is 0 Å². The van der Waals surface area contributed by atoms with Gasteiger partial charge < -0.3 is 0 Å². The highest BCUT2D eigenvalue weighted by atomic mass is 16.1. The molecule has 0 atom stereocenters. The Bertz CT molecular complexity index is 565. The maximum Gasteiger partial charge on any atom is 0.186 e. The average Bonchev–Trinajstić information content (AvgIpc) is 2.70. The summed E-state index contributed by atoms with van der Waals surface area (Å²) in [6.07, 6.45) is 0.357. The van der Waals surface area contributed by atoms with Crippen LogP contribution in [0.5, 0.6) is 0 Å². The molecule has 0 amide bonds. The Morgan fingerprint density at radius 3 is 2.18 bits per heavy atom. The van der Waals surface area contributed by atoms with Gasteiger partial charge in [-0.25, -0.2) is 0 Å². The summed E-state index contributed by atoms with van der Waals surface area (Å²) in [6.45, 7) is 3.80. The van der Waals surface area contributed by atoms with Crippen LogP contribution < -0.4 is 0 Å². The van der Waals surface area contributed by atoms with E-state index in [-0.39, 0.29) is 5.78 Å². The van der Waals surface area contributed by atoms with Gasteiger partial charge in [-0.1, -0.05) is 0 Å². The molecule has 0 radical (unpaired) electrons. The quantitative estimate of drug-likeness (QED) is 0.747. The first kappa shape index (κ1) is 11.6. The third kappa shape index (κ3) is 2.27. The summed E-state index contributed by atoms with van der Waals surface area (Å²) in [5.74, 6) is 0.0658. The van der Waals surface area contributed by atoms with Crippen LogP contribution >= 0.6 is 0 Å². The van der Waals surface area contributed by atoms with Gasteiger partial charge in [0.1, 0.15) is 5.69 Å². The maximum atomic E-state index is 12.1. The summed E-state index contributed by atoms with van der Waals surface area (Å²) in [7, 11) is 3.64. The number of nitrogens with zero attached hydrogens (tertiary/aromatic N) is 4. The lowest BCUT2D eigenvalue weighted by Crippen LogP contribution is -2.12. The minimum atomic E-state index is 0.0658. The monoisotopic (exact) mass is 232 g/mol. The molecule has 0 saturated carbocycles. The standard InChI is InChI=1S/C12H16N4O/c1-8-5-10(15(3)13-8)7-12(17)11-6-9(2)14-16(11)4/h5-6H,7H2,1-4H3.